The van der Waals surface area contributed by atoms with Gasteiger partial charge < -0.3 is 9.47 Å². The Morgan fingerprint density at radius 1 is 1.45 bits per heavy atom. The average Bonchev–Trinajstić information content (AvgIpc) is 2.50. The van der Waals surface area contributed by atoms with E-state index in [4.69, 9.17) is 10.00 Å². The van der Waals surface area contributed by atoms with Gasteiger partial charge >= 0.3 is 5.97 Å². The lowest BCUT2D eigenvalue weighted by molar-refractivity contribution is -0.135. The lowest BCUT2D eigenvalue weighted by Crippen LogP contribution is -2.37. The number of hydrogen-bond acceptors (Lipinski definition) is 4. The molecule has 0 aliphatic heterocycles. The number of nitriles is 1. The monoisotopic (exact) mass is 275 g/mol. The van der Waals surface area contributed by atoms with E-state index in [0.29, 0.717) is 0 Å². The topological polar surface area (TPSA) is 59.3 Å². The van der Waals surface area contributed by atoms with Gasteiger partial charge in [-0.1, -0.05) is 44.1 Å². The Hall–Kier alpha value is -1.86. The molecule has 0 radical (unpaired) electrons. The summed E-state index contributed by atoms with van der Waals surface area (Å²) in [6.45, 7) is 2.12. The summed E-state index contributed by atoms with van der Waals surface area (Å²) in [5, 5.41) is 9.08. The van der Waals surface area contributed by atoms with Crippen molar-refractivity contribution in [2.45, 2.75) is 31.8 Å². The van der Waals surface area contributed by atoms with Gasteiger partial charge in [0.15, 0.2) is 0 Å². The second kappa shape index (κ2) is 7.66. The van der Waals surface area contributed by atoms with Crippen molar-refractivity contribution in [3.05, 3.63) is 36.0 Å². The van der Waals surface area contributed by atoms with Crippen molar-refractivity contribution in [1.82, 2.24) is 0 Å². The van der Waals surface area contributed by atoms with Gasteiger partial charge in [-0.25, -0.2) is 4.79 Å². The van der Waals surface area contributed by atoms with Gasteiger partial charge in [-0.15, -0.1) is 0 Å². The third-order valence-corrected chi connectivity index (χ3v) is 3.55. The largest absolute Gasteiger partial charge is 0.465 e. The van der Waals surface area contributed by atoms with Crippen LogP contribution in [0.2, 0.25) is 0 Å². The highest BCUT2D eigenvalue weighted by Gasteiger charge is 2.35. The predicted molar refractivity (Wildman–Crippen MR) is 76.7 cm³/mol. The average molecular weight is 275 g/mol. The molecule has 2 unspecified atom stereocenters. The molecule has 0 fully saturated rings. The number of rotatable bonds is 6. The zero-order valence-electron chi connectivity index (χ0n) is 12.3. The summed E-state index contributed by atoms with van der Waals surface area (Å²) in [7, 11) is 2.93. The van der Waals surface area contributed by atoms with Crippen LogP contribution in [-0.4, -0.2) is 25.8 Å². The minimum Gasteiger partial charge on any atom is -0.465 e. The van der Waals surface area contributed by atoms with Crippen molar-refractivity contribution in [1.29, 1.82) is 5.26 Å². The molecule has 0 amide bonds. The summed E-state index contributed by atoms with van der Waals surface area (Å²) in [5.41, 5.74) is -0.490. The Bertz CT molecular complexity index is 471. The molecule has 4 heteroatoms. The number of hydrogen-bond donors (Lipinski definition) is 0. The molecule has 0 aromatic rings. The van der Waals surface area contributed by atoms with E-state index in [-0.39, 0.29) is 11.5 Å². The zero-order valence-corrected chi connectivity index (χ0v) is 12.3. The molecule has 0 aromatic carbocycles. The molecular weight excluding hydrogens is 254 g/mol. The van der Waals surface area contributed by atoms with Gasteiger partial charge in [0.05, 0.1) is 12.7 Å². The molecule has 1 aliphatic carbocycles. The van der Waals surface area contributed by atoms with Crippen molar-refractivity contribution >= 4 is 5.97 Å². The summed E-state index contributed by atoms with van der Waals surface area (Å²) in [6, 6.07) is 1.89. The van der Waals surface area contributed by atoms with E-state index in [9.17, 15) is 4.79 Å². The van der Waals surface area contributed by atoms with E-state index in [2.05, 4.69) is 11.7 Å². The first-order chi connectivity index (χ1) is 9.63. The highest BCUT2D eigenvalue weighted by Crippen LogP contribution is 2.34. The standard InChI is InChI=1S/C16H21NO3/c1-4-5-9-16(20-3)10-7-6-8-14(16)11-13(12-17)15(18)19-2/h6-8,10-11,14H,4-5,9H2,1-3H3. The highest BCUT2D eigenvalue weighted by atomic mass is 16.5. The molecular formula is C16H21NO3. The van der Waals surface area contributed by atoms with E-state index >= 15 is 0 Å². The molecule has 0 heterocycles. The van der Waals surface area contributed by atoms with Gasteiger partial charge in [0, 0.05) is 13.0 Å². The third-order valence-electron chi connectivity index (χ3n) is 3.55. The second-order valence-electron chi connectivity index (χ2n) is 4.72. The maximum Gasteiger partial charge on any atom is 0.348 e. The van der Waals surface area contributed by atoms with Crippen LogP contribution >= 0.6 is 0 Å². The lowest BCUT2D eigenvalue weighted by atomic mass is 9.79. The van der Waals surface area contributed by atoms with Crippen LogP contribution in [0.1, 0.15) is 26.2 Å². The Labute approximate surface area is 120 Å². The van der Waals surface area contributed by atoms with E-state index < -0.39 is 11.6 Å². The van der Waals surface area contributed by atoms with E-state index in [1.165, 1.54) is 7.11 Å². The molecule has 108 valence electrons. The van der Waals surface area contributed by atoms with Crippen LogP contribution in [0.4, 0.5) is 0 Å². The van der Waals surface area contributed by atoms with Crippen LogP contribution in [-0.2, 0) is 14.3 Å². The number of unbranched alkanes of at least 4 members (excludes halogenated alkanes) is 1. The fraction of sp³-hybridized carbons (Fsp3) is 0.500. The number of nitrogens with zero attached hydrogens (tertiary/aromatic N) is 1. The Kier molecular flexibility index (Phi) is 6.20. The molecule has 1 aliphatic rings. The van der Waals surface area contributed by atoms with E-state index in [0.717, 1.165) is 19.3 Å². The summed E-state index contributed by atoms with van der Waals surface area (Å²) in [4.78, 5) is 11.5. The quantitative estimate of drug-likeness (QED) is 0.425. The summed E-state index contributed by atoms with van der Waals surface area (Å²) >= 11 is 0. The van der Waals surface area contributed by atoms with Crippen LogP contribution in [0.5, 0.6) is 0 Å². The molecule has 0 aromatic heterocycles. The van der Waals surface area contributed by atoms with Gasteiger partial charge in [-0.2, -0.15) is 5.26 Å². The number of methoxy groups -OCH3 is 2. The molecule has 0 N–H and O–H groups in total. The SMILES string of the molecule is CCCCC1(OC)C=CC=CC1C=C(C#N)C(=O)OC. The number of allylic oxidation sites excluding steroid dienone is 2. The predicted octanol–water partition coefficient (Wildman–Crippen LogP) is 2.93. The normalized spacial score (nSPS) is 25.3. The number of carbonyl (C=O) groups is 1. The Balaban J connectivity index is 3.08. The van der Waals surface area contributed by atoms with Crippen molar-refractivity contribution in [2.24, 2.45) is 5.92 Å². The van der Waals surface area contributed by atoms with Gasteiger partial charge in [0.25, 0.3) is 0 Å². The van der Waals surface area contributed by atoms with Gasteiger partial charge in [0.1, 0.15) is 11.6 Å². The Morgan fingerprint density at radius 3 is 2.75 bits per heavy atom. The first-order valence-corrected chi connectivity index (χ1v) is 6.75. The van der Waals surface area contributed by atoms with Crippen LogP contribution in [0.15, 0.2) is 36.0 Å². The smallest absolute Gasteiger partial charge is 0.348 e. The number of esters is 1. The third kappa shape index (κ3) is 3.58. The molecule has 0 saturated heterocycles. The Morgan fingerprint density at radius 2 is 2.20 bits per heavy atom. The first kappa shape index (κ1) is 16.2. The van der Waals surface area contributed by atoms with Crippen LogP contribution in [0.3, 0.4) is 0 Å². The summed E-state index contributed by atoms with van der Waals surface area (Å²) in [6.07, 6.45) is 12.3. The fourth-order valence-corrected chi connectivity index (χ4v) is 2.32. The lowest BCUT2D eigenvalue weighted by Gasteiger charge is -2.36. The number of carbonyl (C=O) groups excluding carboxylic acids is 1. The molecule has 4 nitrogen and oxygen atoms in total. The maximum atomic E-state index is 11.5. The number of ether oxygens (including phenoxy) is 2. The molecule has 2 atom stereocenters. The minimum absolute atomic E-state index is 0.00961. The zero-order chi connectivity index (χ0) is 15.0. The van der Waals surface area contributed by atoms with E-state index in [1.54, 1.807) is 13.2 Å². The second-order valence-corrected chi connectivity index (χ2v) is 4.72. The molecule has 1 rings (SSSR count). The van der Waals surface area contributed by atoms with Gasteiger partial charge in [0.2, 0.25) is 0 Å². The van der Waals surface area contributed by atoms with Crippen LogP contribution in [0.25, 0.3) is 0 Å². The van der Waals surface area contributed by atoms with Crippen LogP contribution in [0, 0.1) is 17.2 Å². The van der Waals surface area contributed by atoms with Gasteiger partial charge in [-0.05, 0) is 12.5 Å². The summed E-state index contributed by atoms with van der Waals surface area (Å²) in [5.74, 6) is -0.770. The minimum atomic E-state index is -0.615. The first-order valence-electron chi connectivity index (χ1n) is 6.75. The van der Waals surface area contributed by atoms with Crippen molar-refractivity contribution in [3.63, 3.8) is 0 Å². The fourth-order valence-electron chi connectivity index (χ4n) is 2.32. The molecule has 0 bridgehead atoms. The summed E-state index contributed by atoms with van der Waals surface area (Å²) < 4.78 is 10.3. The van der Waals surface area contributed by atoms with Crippen molar-refractivity contribution in [2.75, 3.05) is 14.2 Å². The molecule has 0 spiro atoms. The maximum absolute atomic E-state index is 11.5. The molecule has 20 heavy (non-hydrogen) atoms. The molecule has 0 saturated carbocycles. The van der Waals surface area contributed by atoms with E-state index in [1.807, 2.05) is 30.4 Å². The van der Waals surface area contributed by atoms with Crippen LogP contribution < -0.4 is 0 Å². The van der Waals surface area contributed by atoms with Crippen molar-refractivity contribution < 1.29 is 14.3 Å². The van der Waals surface area contributed by atoms with Gasteiger partial charge in [-0.3, -0.25) is 0 Å². The van der Waals surface area contributed by atoms with Crippen molar-refractivity contribution in [3.8, 4) is 6.07 Å². The highest BCUT2D eigenvalue weighted by molar-refractivity contribution is 5.92.